The number of nitrogens with one attached hydrogen (secondary N) is 2. The van der Waals surface area contributed by atoms with Crippen molar-refractivity contribution in [2.75, 3.05) is 18.4 Å². The van der Waals surface area contributed by atoms with E-state index in [1.807, 2.05) is 0 Å². The highest BCUT2D eigenvalue weighted by molar-refractivity contribution is 5.93. The zero-order valence-electron chi connectivity index (χ0n) is 10.1. The summed E-state index contributed by atoms with van der Waals surface area (Å²) >= 11 is 0. The van der Waals surface area contributed by atoms with Crippen LogP contribution in [0.1, 0.15) is 17.4 Å². The van der Waals surface area contributed by atoms with Gasteiger partial charge in [-0.2, -0.15) is 8.78 Å². The summed E-state index contributed by atoms with van der Waals surface area (Å²) in [5, 5.41) is 4.64. The topological polar surface area (TPSA) is 54.0 Å². The van der Waals surface area contributed by atoms with Crippen LogP contribution in [0.3, 0.4) is 0 Å². The summed E-state index contributed by atoms with van der Waals surface area (Å²) in [4.78, 5) is 15.2. The third kappa shape index (κ3) is 4.38. The number of hydrogen-bond donors (Lipinski definition) is 2. The van der Waals surface area contributed by atoms with Crippen molar-refractivity contribution in [1.82, 2.24) is 10.3 Å². The lowest BCUT2D eigenvalue weighted by atomic mass is 10.2. The van der Waals surface area contributed by atoms with E-state index in [2.05, 4.69) is 15.6 Å². The number of amides is 1. The van der Waals surface area contributed by atoms with Crippen LogP contribution in [0.25, 0.3) is 0 Å². The highest BCUT2D eigenvalue weighted by Gasteiger charge is 2.40. The van der Waals surface area contributed by atoms with E-state index < -0.39 is 24.8 Å². The number of carbonyl (C=O) groups excluding carboxylic acids is 1. The Morgan fingerprint density at radius 2 is 2.16 bits per heavy atom. The maximum absolute atomic E-state index is 12.7. The van der Waals surface area contributed by atoms with E-state index in [4.69, 9.17) is 0 Å². The molecule has 106 valence electrons. The van der Waals surface area contributed by atoms with Crippen LogP contribution in [0.15, 0.2) is 18.3 Å². The molecule has 0 saturated carbocycles. The molecule has 0 aliphatic heterocycles. The molecule has 0 aliphatic carbocycles. The quantitative estimate of drug-likeness (QED) is 0.784. The van der Waals surface area contributed by atoms with E-state index in [-0.39, 0.29) is 11.4 Å². The highest BCUT2D eigenvalue weighted by Crippen LogP contribution is 2.23. The van der Waals surface area contributed by atoms with E-state index >= 15 is 0 Å². The van der Waals surface area contributed by atoms with Crippen molar-refractivity contribution in [2.45, 2.75) is 19.3 Å². The largest absolute Gasteiger partial charge is 0.379 e. The summed E-state index contributed by atoms with van der Waals surface area (Å²) < 4.78 is 49.3. The zero-order chi connectivity index (χ0) is 14.5. The molecular formula is C11H13F4N3O. The lowest BCUT2D eigenvalue weighted by Gasteiger charge is -2.16. The van der Waals surface area contributed by atoms with Crippen LogP contribution in [-0.4, -0.2) is 36.3 Å². The Labute approximate surface area is 107 Å². The normalized spacial score (nSPS) is 11.5. The van der Waals surface area contributed by atoms with Gasteiger partial charge in [-0.05, 0) is 19.1 Å². The van der Waals surface area contributed by atoms with Gasteiger partial charge < -0.3 is 10.6 Å². The molecule has 0 saturated heterocycles. The fourth-order valence-corrected chi connectivity index (χ4v) is 1.21. The minimum absolute atomic E-state index is 0.0206. The van der Waals surface area contributed by atoms with Crippen LogP contribution in [0.5, 0.6) is 0 Å². The molecule has 0 bridgehead atoms. The first-order valence-corrected chi connectivity index (χ1v) is 5.51. The Balaban J connectivity index is 2.70. The number of halogens is 4. The van der Waals surface area contributed by atoms with E-state index in [1.54, 1.807) is 6.92 Å². The maximum atomic E-state index is 12.7. The molecule has 1 heterocycles. The lowest BCUT2D eigenvalue weighted by Crippen LogP contribution is -2.34. The molecule has 1 rings (SSSR count). The van der Waals surface area contributed by atoms with Gasteiger partial charge in [-0.15, -0.1) is 0 Å². The Bertz CT molecular complexity index is 440. The van der Waals surface area contributed by atoms with Gasteiger partial charge in [0.15, 0.2) is 0 Å². The molecule has 8 heteroatoms. The molecule has 0 fully saturated rings. The molecule has 2 N–H and O–H groups in total. The lowest BCUT2D eigenvalue weighted by molar-refractivity contribution is -0.117. The van der Waals surface area contributed by atoms with Crippen molar-refractivity contribution >= 4 is 11.6 Å². The fraction of sp³-hybridized carbons (Fsp3) is 0.455. The molecular weight excluding hydrogens is 266 g/mol. The Kier molecular flexibility index (Phi) is 5.08. The Hall–Kier alpha value is -1.86. The predicted molar refractivity (Wildman–Crippen MR) is 61.7 cm³/mol. The highest BCUT2D eigenvalue weighted by atomic mass is 19.3. The summed E-state index contributed by atoms with van der Waals surface area (Å²) in [5.41, 5.74) is 0.142. The first-order valence-electron chi connectivity index (χ1n) is 5.51. The number of hydrogen-bond acceptors (Lipinski definition) is 3. The second kappa shape index (κ2) is 6.35. The van der Waals surface area contributed by atoms with Gasteiger partial charge in [0.05, 0.1) is 6.54 Å². The van der Waals surface area contributed by atoms with E-state index in [1.165, 1.54) is 18.3 Å². The molecule has 0 unspecified atom stereocenters. The van der Waals surface area contributed by atoms with Crippen LogP contribution in [0, 0.1) is 0 Å². The molecule has 0 aromatic carbocycles. The van der Waals surface area contributed by atoms with Crippen LogP contribution in [0.2, 0.25) is 0 Å². The van der Waals surface area contributed by atoms with Gasteiger partial charge in [0.25, 0.3) is 5.91 Å². The van der Waals surface area contributed by atoms with Crippen LogP contribution >= 0.6 is 0 Å². The number of aromatic nitrogens is 1. The zero-order valence-corrected chi connectivity index (χ0v) is 10.1. The molecule has 4 nitrogen and oxygen atoms in total. The number of carbonyl (C=O) groups is 1. The van der Waals surface area contributed by atoms with Crippen molar-refractivity contribution in [3.63, 3.8) is 0 Å². The van der Waals surface area contributed by atoms with Gasteiger partial charge in [-0.1, -0.05) is 0 Å². The third-order valence-electron chi connectivity index (χ3n) is 2.18. The monoisotopic (exact) mass is 279 g/mol. The van der Waals surface area contributed by atoms with Crippen LogP contribution < -0.4 is 10.6 Å². The predicted octanol–water partition coefficient (Wildman–Crippen LogP) is 2.14. The summed E-state index contributed by atoms with van der Waals surface area (Å²) in [6.07, 6.45) is -2.52. The third-order valence-corrected chi connectivity index (χ3v) is 2.18. The summed E-state index contributed by atoms with van der Waals surface area (Å²) in [7, 11) is 0. The molecule has 1 amide bonds. The number of anilines is 1. The number of alkyl halides is 4. The molecule has 0 atom stereocenters. The van der Waals surface area contributed by atoms with Crippen molar-refractivity contribution in [3.8, 4) is 0 Å². The SMILES string of the molecule is CCNC(=O)c1cc(NCC(F)(F)C(F)F)ccn1. The first-order chi connectivity index (χ1) is 8.86. The van der Waals surface area contributed by atoms with Gasteiger partial charge >= 0.3 is 12.3 Å². The van der Waals surface area contributed by atoms with Crippen molar-refractivity contribution in [3.05, 3.63) is 24.0 Å². The number of rotatable bonds is 6. The van der Waals surface area contributed by atoms with Gasteiger partial charge in [-0.3, -0.25) is 9.78 Å². The second-order valence-electron chi connectivity index (χ2n) is 3.70. The van der Waals surface area contributed by atoms with Gasteiger partial charge in [0.2, 0.25) is 0 Å². The van der Waals surface area contributed by atoms with Crippen LogP contribution in [-0.2, 0) is 0 Å². The summed E-state index contributed by atoms with van der Waals surface area (Å²) in [6, 6.07) is 2.52. The smallest absolute Gasteiger partial charge is 0.324 e. The van der Waals surface area contributed by atoms with E-state index in [0.717, 1.165) is 0 Å². The summed E-state index contributed by atoms with van der Waals surface area (Å²) in [5.74, 6) is -4.60. The average Bonchev–Trinajstić information content (AvgIpc) is 2.37. The van der Waals surface area contributed by atoms with Gasteiger partial charge in [0, 0.05) is 18.4 Å². The molecule has 0 spiro atoms. The summed E-state index contributed by atoms with van der Waals surface area (Å²) in [6.45, 7) is 0.883. The van der Waals surface area contributed by atoms with E-state index in [0.29, 0.717) is 6.54 Å². The molecule has 19 heavy (non-hydrogen) atoms. The number of pyridine rings is 1. The molecule has 1 aromatic heterocycles. The van der Waals surface area contributed by atoms with Gasteiger partial charge in [-0.25, -0.2) is 8.78 Å². The average molecular weight is 279 g/mol. The minimum Gasteiger partial charge on any atom is -0.379 e. The minimum atomic E-state index is -4.13. The van der Waals surface area contributed by atoms with Crippen molar-refractivity contribution in [2.24, 2.45) is 0 Å². The standard InChI is InChI=1S/C11H13F4N3O/c1-2-16-9(19)8-5-7(3-4-17-8)18-6-11(14,15)10(12)13/h3-5,10H,2,6H2,1H3,(H,16,19)(H,17,18). The first kappa shape index (κ1) is 15.2. The molecule has 0 radical (unpaired) electrons. The van der Waals surface area contributed by atoms with E-state index in [9.17, 15) is 22.4 Å². The number of nitrogens with zero attached hydrogens (tertiary/aromatic N) is 1. The Morgan fingerprint density at radius 3 is 2.74 bits per heavy atom. The molecule has 0 aliphatic rings. The van der Waals surface area contributed by atoms with Crippen LogP contribution in [0.4, 0.5) is 23.2 Å². The van der Waals surface area contributed by atoms with Crippen molar-refractivity contribution < 1.29 is 22.4 Å². The second-order valence-corrected chi connectivity index (χ2v) is 3.70. The molecule has 1 aromatic rings. The Morgan fingerprint density at radius 1 is 1.47 bits per heavy atom. The fourth-order valence-electron chi connectivity index (χ4n) is 1.21. The van der Waals surface area contributed by atoms with Crippen molar-refractivity contribution in [1.29, 1.82) is 0 Å². The van der Waals surface area contributed by atoms with Gasteiger partial charge in [0.1, 0.15) is 5.69 Å². The maximum Gasteiger partial charge on any atom is 0.324 e.